The van der Waals surface area contributed by atoms with E-state index in [-0.39, 0.29) is 29.1 Å². The second-order valence-electron chi connectivity index (χ2n) is 7.48. The predicted octanol–water partition coefficient (Wildman–Crippen LogP) is 3.65. The number of nitrogens with one attached hydrogen (secondary N) is 1. The number of Topliss-reactive ketones (excluding diaryl/α,β-unsaturated/α-hetero) is 1. The first kappa shape index (κ1) is 15.1. The second-order valence-corrected chi connectivity index (χ2v) is 7.48. The molecule has 0 bridgehead atoms. The molecule has 0 unspecified atom stereocenters. The molecule has 0 saturated heterocycles. The molecule has 0 heterocycles. The maximum absolute atomic E-state index is 13.3. The van der Waals surface area contributed by atoms with E-state index in [1.807, 2.05) is 75.4 Å². The summed E-state index contributed by atoms with van der Waals surface area (Å²) in [4.78, 5) is 26.0. The summed E-state index contributed by atoms with van der Waals surface area (Å²) >= 11 is 0. The van der Waals surface area contributed by atoms with Crippen LogP contribution in [-0.4, -0.2) is 11.7 Å². The van der Waals surface area contributed by atoms with Crippen LogP contribution in [0.3, 0.4) is 0 Å². The molecular weight excluding hydrogens is 298 g/mol. The monoisotopic (exact) mass is 319 g/mol. The maximum atomic E-state index is 13.3. The van der Waals surface area contributed by atoms with Crippen LogP contribution in [0.15, 0.2) is 54.6 Å². The van der Waals surface area contributed by atoms with Crippen molar-refractivity contribution in [3.8, 4) is 0 Å². The molecule has 1 saturated carbocycles. The number of carbonyl (C=O) groups is 2. The number of amides is 1. The summed E-state index contributed by atoms with van der Waals surface area (Å²) in [6.07, 6.45) is 0. The Morgan fingerprint density at radius 3 is 2.38 bits per heavy atom. The van der Waals surface area contributed by atoms with Gasteiger partial charge in [0.1, 0.15) is 0 Å². The molecular formula is C21H21NO2. The fourth-order valence-electron chi connectivity index (χ4n) is 4.67. The van der Waals surface area contributed by atoms with Gasteiger partial charge in [0.2, 0.25) is 5.91 Å². The van der Waals surface area contributed by atoms with Gasteiger partial charge in [0.05, 0.1) is 11.5 Å². The van der Waals surface area contributed by atoms with Gasteiger partial charge < -0.3 is 5.32 Å². The molecule has 2 aliphatic carbocycles. The first-order valence-corrected chi connectivity index (χ1v) is 8.42. The predicted molar refractivity (Wildman–Crippen MR) is 92.7 cm³/mol. The number of fused-ring (bicyclic) bond motifs is 3. The first-order valence-electron chi connectivity index (χ1n) is 8.42. The van der Waals surface area contributed by atoms with E-state index < -0.39 is 5.41 Å². The molecule has 3 heteroatoms. The van der Waals surface area contributed by atoms with Crippen molar-refractivity contribution in [2.75, 3.05) is 0 Å². The summed E-state index contributed by atoms with van der Waals surface area (Å²) in [6, 6.07) is 17.4. The van der Waals surface area contributed by atoms with Gasteiger partial charge in [-0.1, -0.05) is 68.4 Å². The topological polar surface area (TPSA) is 46.2 Å². The molecule has 0 radical (unpaired) electrons. The van der Waals surface area contributed by atoms with Gasteiger partial charge in [0.15, 0.2) is 5.78 Å². The van der Waals surface area contributed by atoms with Crippen LogP contribution in [0.1, 0.15) is 48.3 Å². The minimum atomic E-state index is -0.719. The highest BCUT2D eigenvalue weighted by molar-refractivity contribution is 6.16. The van der Waals surface area contributed by atoms with Gasteiger partial charge in [-0.15, -0.1) is 0 Å². The van der Waals surface area contributed by atoms with E-state index in [1.165, 1.54) is 0 Å². The van der Waals surface area contributed by atoms with Crippen LogP contribution in [0, 0.1) is 11.3 Å². The zero-order valence-electron chi connectivity index (χ0n) is 14.2. The SMILES string of the molecule is C[C@@H](NC(=O)[C@]12c3ccccc3C(=O)[C@H]1C2(C)C)c1ccccc1. The minimum absolute atomic E-state index is 0.0350. The van der Waals surface area contributed by atoms with E-state index >= 15 is 0 Å². The van der Waals surface area contributed by atoms with Gasteiger partial charge >= 0.3 is 0 Å². The molecule has 0 aliphatic heterocycles. The van der Waals surface area contributed by atoms with Crippen LogP contribution in [-0.2, 0) is 10.2 Å². The van der Waals surface area contributed by atoms with Crippen molar-refractivity contribution in [3.63, 3.8) is 0 Å². The molecule has 2 aromatic carbocycles. The Morgan fingerprint density at radius 2 is 1.67 bits per heavy atom. The third kappa shape index (κ3) is 1.67. The number of rotatable bonds is 3. The van der Waals surface area contributed by atoms with Gasteiger partial charge in [0, 0.05) is 11.5 Å². The number of hydrogen-bond acceptors (Lipinski definition) is 2. The van der Waals surface area contributed by atoms with Gasteiger partial charge in [-0.2, -0.15) is 0 Å². The summed E-state index contributed by atoms with van der Waals surface area (Å²) in [5.74, 6) is -0.171. The van der Waals surface area contributed by atoms with Gasteiger partial charge in [-0.3, -0.25) is 9.59 Å². The minimum Gasteiger partial charge on any atom is -0.349 e. The average Bonchev–Trinajstić information content (AvgIpc) is 2.97. The largest absolute Gasteiger partial charge is 0.349 e. The third-order valence-electron chi connectivity index (χ3n) is 5.97. The highest BCUT2D eigenvalue weighted by Gasteiger charge is 2.82. The number of hydrogen-bond donors (Lipinski definition) is 1. The van der Waals surface area contributed by atoms with Crippen LogP contribution in [0.25, 0.3) is 0 Å². The van der Waals surface area contributed by atoms with Crippen LogP contribution in [0.2, 0.25) is 0 Å². The average molecular weight is 319 g/mol. The standard InChI is InChI=1S/C21H21NO2/c1-13(14-9-5-4-6-10-14)22-19(24)21-16-12-8-7-11-15(16)17(23)18(21)20(21,2)3/h4-13,18H,1-3H3,(H,22,24)/t13-,18+,21+/m1/s1. The van der Waals surface area contributed by atoms with E-state index in [0.29, 0.717) is 5.56 Å². The molecule has 2 aliphatic rings. The Bertz CT molecular complexity index is 840. The summed E-state index contributed by atoms with van der Waals surface area (Å²) in [6.45, 7) is 6.04. The second kappa shape index (κ2) is 4.79. The fourth-order valence-corrected chi connectivity index (χ4v) is 4.67. The van der Waals surface area contributed by atoms with E-state index in [9.17, 15) is 9.59 Å². The smallest absolute Gasteiger partial charge is 0.232 e. The normalized spacial score (nSPS) is 27.1. The Balaban J connectivity index is 1.70. The van der Waals surface area contributed by atoms with Crippen molar-refractivity contribution in [3.05, 3.63) is 71.3 Å². The zero-order chi connectivity index (χ0) is 17.1. The van der Waals surface area contributed by atoms with Crippen molar-refractivity contribution < 1.29 is 9.59 Å². The fraction of sp³-hybridized carbons (Fsp3) is 0.333. The van der Waals surface area contributed by atoms with Gasteiger partial charge in [-0.05, 0) is 23.5 Å². The molecule has 0 spiro atoms. The van der Waals surface area contributed by atoms with Crippen molar-refractivity contribution in [1.82, 2.24) is 5.32 Å². The lowest BCUT2D eigenvalue weighted by Crippen LogP contribution is -2.39. The van der Waals surface area contributed by atoms with Gasteiger partial charge in [-0.25, -0.2) is 0 Å². The van der Waals surface area contributed by atoms with Crippen molar-refractivity contribution in [2.24, 2.45) is 11.3 Å². The molecule has 3 atom stereocenters. The summed E-state index contributed by atoms with van der Waals surface area (Å²) < 4.78 is 0. The molecule has 1 amide bonds. The Labute approximate surface area is 142 Å². The first-order chi connectivity index (χ1) is 11.4. The molecule has 0 aromatic heterocycles. The maximum Gasteiger partial charge on any atom is 0.232 e. The quantitative estimate of drug-likeness (QED) is 0.938. The van der Waals surface area contributed by atoms with E-state index in [0.717, 1.165) is 11.1 Å². The molecule has 1 fully saturated rings. The molecule has 24 heavy (non-hydrogen) atoms. The number of benzene rings is 2. The van der Waals surface area contributed by atoms with Crippen molar-refractivity contribution in [2.45, 2.75) is 32.2 Å². The lowest BCUT2D eigenvalue weighted by atomic mass is 9.84. The highest BCUT2D eigenvalue weighted by Crippen LogP contribution is 2.74. The molecule has 4 rings (SSSR count). The van der Waals surface area contributed by atoms with E-state index in [4.69, 9.17) is 0 Å². The molecule has 122 valence electrons. The van der Waals surface area contributed by atoms with E-state index in [1.54, 1.807) is 0 Å². The van der Waals surface area contributed by atoms with E-state index in [2.05, 4.69) is 5.32 Å². The number of ketones is 1. The highest BCUT2D eigenvalue weighted by atomic mass is 16.2. The van der Waals surface area contributed by atoms with Crippen molar-refractivity contribution >= 4 is 11.7 Å². The molecule has 2 aromatic rings. The van der Waals surface area contributed by atoms with Crippen LogP contribution < -0.4 is 5.32 Å². The zero-order valence-corrected chi connectivity index (χ0v) is 14.2. The third-order valence-corrected chi connectivity index (χ3v) is 5.97. The Morgan fingerprint density at radius 1 is 1.04 bits per heavy atom. The Kier molecular flexibility index (Phi) is 3.02. The van der Waals surface area contributed by atoms with Crippen LogP contribution in [0.4, 0.5) is 0 Å². The lowest BCUT2D eigenvalue weighted by Gasteiger charge is -2.23. The lowest BCUT2D eigenvalue weighted by molar-refractivity contribution is -0.125. The molecule has 1 N–H and O–H groups in total. The summed E-state index contributed by atoms with van der Waals surface area (Å²) in [5.41, 5.74) is 1.62. The Hall–Kier alpha value is -2.42. The summed E-state index contributed by atoms with van der Waals surface area (Å²) in [7, 11) is 0. The van der Waals surface area contributed by atoms with Crippen molar-refractivity contribution in [1.29, 1.82) is 0 Å². The molecule has 3 nitrogen and oxygen atoms in total. The van der Waals surface area contributed by atoms with Crippen LogP contribution in [0.5, 0.6) is 0 Å². The summed E-state index contributed by atoms with van der Waals surface area (Å²) in [5, 5.41) is 3.15. The van der Waals surface area contributed by atoms with Crippen LogP contribution >= 0.6 is 0 Å². The number of carbonyl (C=O) groups excluding carboxylic acids is 2. The van der Waals surface area contributed by atoms with Gasteiger partial charge in [0.25, 0.3) is 0 Å².